The lowest BCUT2D eigenvalue weighted by Crippen LogP contribution is -2.32. The van der Waals surface area contributed by atoms with Crippen molar-refractivity contribution < 1.29 is 23.9 Å². The average Bonchev–Trinajstić information content (AvgIpc) is 3.12. The van der Waals surface area contributed by atoms with Crippen LogP contribution >= 0.6 is 23.2 Å². The summed E-state index contributed by atoms with van der Waals surface area (Å²) in [6.07, 6.45) is 0.709. The van der Waals surface area contributed by atoms with Crippen molar-refractivity contribution in [1.82, 2.24) is 0 Å². The summed E-state index contributed by atoms with van der Waals surface area (Å²) in [7, 11) is 0. The molecule has 0 saturated heterocycles. The van der Waals surface area contributed by atoms with Crippen LogP contribution in [0.2, 0.25) is 5.02 Å². The highest BCUT2D eigenvalue weighted by Gasteiger charge is 2.39. The summed E-state index contributed by atoms with van der Waals surface area (Å²) in [6.45, 7) is 4.03. The largest absolute Gasteiger partial charge is 0.462 e. The number of carbonyl (C=O) groups is 4. The van der Waals surface area contributed by atoms with Crippen molar-refractivity contribution >= 4 is 64.0 Å². The summed E-state index contributed by atoms with van der Waals surface area (Å²) in [5, 5.41) is 5.77. The number of hydrogen-bond acceptors (Lipinski definition) is 6. The van der Waals surface area contributed by atoms with Crippen molar-refractivity contribution in [2.24, 2.45) is 0 Å². The Morgan fingerprint density at radius 1 is 0.895 bits per heavy atom. The molecule has 1 aliphatic rings. The van der Waals surface area contributed by atoms with Gasteiger partial charge in [-0.15, -0.1) is 0 Å². The molecule has 38 heavy (non-hydrogen) atoms. The summed E-state index contributed by atoms with van der Waals surface area (Å²) in [6, 6.07) is 17.5. The van der Waals surface area contributed by atoms with Gasteiger partial charge in [-0.2, -0.15) is 0 Å². The molecular weight excluding hydrogens is 529 g/mol. The van der Waals surface area contributed by atoms with Crippen LogP contribution in [0.4, 0.5) is 17.1 Å². The van der Waals surface area contributed by atoms with E-state index >= 15 is 0 Å². The molecule has 0 bridgehead atoms. The predicted octanol–water partition coefficient (Wildman–Crippen LogP) is 5.90. The molecule has 0 fully saturated rings. The van der Waals surface area contributed by atoms with Gasteiger partial charge in [0.2, 0.25) is 0 Å². The molecule has 1 aliphatic heterocycles. The SMILES string of the molecule is CCCOC(=O)c1cccc(NC(=O)c2ccc(NC3=C(Cl)C(=O)N(c4ccc(C)c(Cl)c4)C3=O)cc2)c1. The maximum Gasteiger partial charge on any atom is 0.338 e. The molecule has 10 heteroatoms. The van der Waals surface area contributed by atoms with Crippen molar-refractivity contribution in [3.05, 3.63) is 99.2 Å². The van der Waals surface area contributed by atoms with Crippen LogP contribution in [0, 0.1) is 6.92 Å². The van der Waals surface area contributed by atoms with E-state index in [4.69, 9.17) is 27.9 Å². The smallest absolute Gasteiger partial charge is 0.338 e. The molecule has 0 spiro atoms. The lowest BCUT2D eigenvalue weighted by atomic mass is 10.1. The van der Waals surface area contributed by atoms with Crippen LogP contribution in [0.5, 0.6) is 0 Å². The Morgan fingerprint density at radius 3 is 2.32 bits per heavy atom. The Hall–Kier alpha value is -4.14. The molecule has 1 heterocycles. The summed E-state index contributed by atoms with van der Waals surface area (Å²) < 4.78 is 5.13. The van der Waals surface area contributed by atoms with Crippen LogP contribution in [0.3, 0.4) is 0 Å². The fourth-order valence-corrected chi connectivity index (χ4v) is 4.01. The third-order valence-corrected chi connectivity index (χ3v) is 6.41. The Morgan fingerprint density at radius 2 is 1.63 bits per heavy atom. The zero-order chi connectivity index (χ0) is 27.4. The Balaban J connectivity index is 1.44. The average molecular weight is 552 g/mol. The third kappa shape index (κ3) is 5.72. The minimum absolute atomic E-state index is 0.0858. The highest BCUT2D eigenvalue weighted by molar-refractivity contribution is 6.53. The first-order chi connectivity index (χ1) is 18.2. The number of halogens is 2. The van der Waals surface area contributed by atoms with E-state index in [0.29, 0.717) is 46.2 Å². The van der Waals surface area contributed by atoms with Gasteiger partial charge in [0.05, 0.1) is 17.9 Å². The molecule has 0 unspecified atom stereocenters. The molecule has 8 nitrogen and oxygen atoms in total. The van der Waals surface area contributed by atoms with Gasteiger partial charge in [0, 0.05) is 22.0 Å². The van der Waals surface area contributed by atoms with Crippen LogP contribution in [0.15, 0.2) is 77.5 Å². The fourth-order valence-electron chi connectivity index (χ4n) is 3.62. The first-order valence-electron chi connectivity index (χ1n) is 11.7. The number of ether oxygens (including phenoxy) is 1. The lowest BCUT2D eigenvalue weighted by molar-refractivity contribution is -0.120. The van der Waals surface area contributed by atoms with E-state index in [0.717, 1.165) is 10.5 Å². The standard InChI is InChI=1S/C28H23Cl2N3O5/c1-3-13-38-28(37)18-5-4-6-20(14-18)32-25(34)17-8-10-19(11-9-17)31-24-23(30)26(35)33(27(24)36)21-12-7-16(2)22(29)15-21/h4-12,14-15,31H,3,13H2,1-2H3,(H,32,34). The molecule has 4 rings (SSSR count). The van der Waals surface area contributed by atoms with E-state index in [9.17, 15) is 19.2 Å². The Bertz CT molecular complexity index is 1470. The van der Waals surface area contributed by atoms with Crippen molar-refractivity contribution in [1.29, 1.82) is 0 Å². The molecule has 0 saturated carbocycles. The van der Waals surface area contributed by atoms with Gasteiger partial charge in [-0.05, 0) is 73.5 Å². The van der Waals surface area contributed by atoms with Crippen LogP contribution < -0.4 is 15.5 Å². The fraction of sp³-hybridized carbons (Fsp3) is 0.143. The molecule has 0 atom stereocenters. The summed E-state index contributed by atoms with van der Waals surface area (Å²) in [5.41, 5.74) is 2.57. The van der Waals surface area contributed by atoms with Gasteiger partial charge in [0.25, 0.3) is 17.7 Å². The quantitative estimate of drug-likeness (QED) is 0.266. The van der Waals surface area contributed by atoms with Crippen LogP contribution in [0.25, 0.3) is 0 Å². The van der Waals surface area contributed by atoms with Gasteiger partial charge in [0.1, 0.15) is 10.7 Å². The zero-order valence-electron chi connectivity index (χ0n) is 20.5. The first kappa shape index (κ1) is 26.9. The molecule has 194 valence electrons. The van der Waals surface area contributed by atoms with E-state index in [2.05, 4.69) is 10.6 Å². The number of imide groups is 1. The molecule has 3 amide bonds. The van der Waals surface area contributed by atoms with Gasteiger partial charge in [-0.25, -0.2) is 9.69 Å². The minimum atomic E-state index is -0.670. The van der Waals surface area contributed by atoms with Gasteiger partial charge in [0.15, 0.2) is 0 Å². The van der Waals surface area contributed by atoms with E-state index in [1.54, 1.807) is 54.6 Å². The number of amides is 3. The topological polar surface area (TPSA) is 105 Å². The van der Waals surface area contributed by atoms with E-state index in [-0.39, 0.29) is 10.7 Å². The third-order valence-electron chi connectivity index (χ3n) is 5.65. The number of nitrogens with zero attached hydrogens (tertiary/aromatic N) is 1. The van der Waals surface area contributed by atoms with Crippen molar-refractivity contribution in [3.8, 4) is 0 Å². The maximum absolute atomic E-state index is 13.0. The number of rotatable bonds is 8. The highest BCUT2D eigenvalue weighted by Crippen LogP contribution is 2.32. The number of nitrogens with one attached hydrogen (secondary N) is 2. The molecule has 3 aromatic carbocycles. The molecule has 0 aliphatic carbocycles. The van der Waals surface area contributed by atoms with Crippen LogP contribution in [-0.4, -0.2) is 30.3 Å². The number of benzene rings is 3. The van der Waals surface area contributed by atoms with Gasteiger partial charge < -0.3 is 15.4 Å². The van der Waals surface area contributed by atoms with Crippen molar-refractivity contribution in [3.63, 3.8) is 0 Å². The molecular formula is C28H23Cl2N3O5. The molecule has 3 aromatic rings. The Labute approximate surface area is 229 Å². The molecule has 0 radical (unpaired) electrons. The number of carbonyl (C=O) groups excluding carboxylic acids is 4. The van der Waals surface area contributed by atoms with E-state index < -0.39 is 23.7 Å². The second kappa shape index (κ2) is 11.5. The summed E-state index contributed by atoms with van der Waals surface area (Å²) in [5.74, 6) is -2.16. The molecule has 0 aromatic heterocycles. The lowest BCUT2D eigenvalue weighted by Gasteiger charge is -2.16. The minimum Gasteiger partial charge on any atom is -0.462 e. The second-order valence-electron chi connectivity index (χ2n) is 8.44. The highest BCUT2D eigenvalue weighted by atomic mass is 35.5. The number of aryl methyl sites for hydroxylation is 1. The van der Waals surface area contributed by atoms with Crippen molar-refractivity contribution in [2.45, 2.75) is 20.3 Å². The monoisotopic (exact) mass is 551 g/mol. The van der Waals surface area contributed by atoms with Gasteiger partial charge in [-0.1, -0.05) is 42.3 Å². The van der Waals surface area contributed by atoms with Crippen molar-refractivity contribution in [2.75, 3.05) is 22.1 Å². The predicted molar refractivity (Wildman–Crippen MR) is 147 cm³/mol. The zero-order valence-corrected chi connectivity index (χ0v) is 22.0. The van der Waals surface area contributed by atoms with E-state index in [1.807, 2.05) is 13.8 Å². The Kier molecular flexibility index (Phi) is 8.14. The normalized spacial score (nSPS) is 13.1. The molecule has 2 N–H and O–H groups in total. The first-order valence-corrected chi connectivity index (χ1v) is 12.5. The van der Waals surface area contributed by atoms with Crippen LogP contribution in [-0.2, 0) is 14.3 Å². The number of esters is 1. The second-order valence-corrected chi connectivity index (χ2v) is 9.23. The maximum atomic E-state index is 13.0. The van der Waals surface area contributed by atoms with Gasteiger partial charge >= 0.3 is 5.97 Å². The summed E-state index contributed by atoms with van der Waals surface area (Å²) >= 11 is 12.4. The van der Waals surface area contributed by atoms with E-state index in [1.165, 1.54) is 12.1 Å². The van der Waals surface area contributed by atoms with Gasteiger partial charge in [-0.3, -0.25) is 14.4 Å². The number of anilines is 3. The number of hydrogen-bond donors (Lipinski definition) is 2. The van der Waals surface area contributed by atoms with Crippen LogP contribution in [0.1, 0.15) is 39.6 Å². The summed E-state index contributed by atoms with van der Waals surface area (Å²) in [4.78, 5) is 51.5.